The van der Waals surface area contributed by atoms with Gasteiger partial charge in [-0.15, -0.1) is 0 Å². The van der Waals surface area contributed by atoms with E-state index in [4.69, 9.17) is 4.42 Å². The summed E-state index contributed by atoms with van der Waals surface area (Å²) in [5.74, 6) is 0. The number of nitrogens with one attached hydrogen (secondary N) is 1. The molecular weight excluding hydrogens is 278 g/mol. The van der Waals surface area contributed by atoms with E-state index in [1.54, 1.807) is 0 Å². The highest BCUT2D eigenvalue weighted by atomic mass is 32.2. The summed E-state index contributed by atoms with van der Waals surface area (Å²) in [5.41, 5.74) is 1.58. The molecule has 1 fully saturated rings. The summed E-state index contributed by atoms with van der Waals surface area (Å²) < 4.78 is 30.0. The molecule has 0 aliphatic carbocycles. The molecule has 1 aromatic heterocycles. The van der Waals surface area contributed by atoms with Crippen molar-refractivity contribution in [3.63, 3.8) is 0 Å². The van der Waals surface area contributed by atoms with Crippen molar-refractivity contribution in [2.75, 3.05) is 24.7 Å². The predicted octanol–water partition coefficient (Wildman–Crippen LogP) is 1.66. The van der Waals surface area contributed by atoms with Crippen LogP contribution in [-0.4, -0.2) is 43.1 Å². The lowest BCUT2D eigenvalue weighted by Crippen LogP contribution is -2.41. The van der Waals surface area contributed by atoms with Gasteiger partial charge in [0, 0.05) is 19.1 Å². The van der Waals surface area contributed by atoms with E-state index in [-0.39, 0.29) is 6.04 Å². The zero-order valence-electron chi connectivity index (χ0n) is 11.2. The van der Waals surface area contributed by atoms with Gasteiger partial charge in [-0.1, -0.05) is 12.1 Å². The third kappa shape index (κ3) is 2.78. The van der Waals surface area contributed by atoms with Gasteiger partial charge in [0.2, 0.25) is 10.0 Å². The molecule has 3 rings (SSSR count). The Hall–Kier alpha value is -1.60. The first kappa shape index (κ1) is 13.4. The van der Waals surface area contributed by atoms with E-state index in [0.29, 0.717) is 19.1 Å². The number of para-hydroxylation sites is 2. The van der Waals surface area contributed by atoms with Gasteiger partial charge in [0.1, 0.15) is 5.52 Å². The van der Waals surface area contributed by atoms with Crippen molar-refractivity contribution < 1.29 is 12.8 Å². The molecular formula is C13H17N3O3S. The monoisotopic (exact) mass is 295 g/mol. The Bertz CT molecular complexity index is 669. The fraction of sp³-hybridized carbons (Fsp3) is 0.462. The van der Waals surface area contributed by atoms with E-state index in [1.807, 2.05) is 24.3 Å². The number of hydrogen-bond donors (Lipinski definition) is 1. The fourth-order valence-corrected chi connectivity index (χ4v) is 3.31. The Morgan fingerprint density at radius 3 is 2.65 bits per heavy atom. The first-order chi connectivity index (χ1) is 9.52. The Morgan fingerprint density at radius 1 is 1.30 bits per heavy atom. The zero-order chi connectivity index (χ0) is 14.2. The first-order valence-electron chi connectivity index (χ1n) is 6.59. The standard InChI is InChI=1S/C13H17N3O3S/c1-20(17,18)16-8-6-10(7-9-16)14-13-15-11-4-2-3-5-12(11)19-13/h2-5,10H,6-9H2,1H3,(H,14,15). The molecule has 0 bridgehead atoms. The van der Waals surface area contributed by atoms with Gasteiger partial charge in [0.05, 0.1) is 6.26 Å². The molecule has 6 nitrogen and oxygen atoms in total. The number of piperidine rings is 1. The third-order valence-corrected chi connectivity index (χ3v) is 4.85. The van der Waals surface area contributed by atoms with Gasteiger partial charge in [-0.2, -0.15) is 4.98 Å². The first-order valence-corrected chi connectivity index (χ1v) is 8.44. The van der Waals surface area contributed by atoms with Crippen molar-refractivity contribution in [2.45, 2.75) is 18.9 Å². The summed E-state index contributed by atoms with van der Waals surface area (Å²) in [6.45, 7) is 1.08. The molecule has 0 amide bonds. The largest absolute Gasteiger partial charge is 0.424 e. The summed E-state index contributed by atoms with van der Waals surface area (Å²) in [6, 6.07) is 8.29. The molecule has 0 spiro atoms. The minimum absolute atomic E-state index is 0.195. The van der Waals surface area contributed by atoms with Crippen LogP contribution in [-0.2, 0) is 10.0 Å². The summed E-state index contributed by atoms with van der Waals surface area (Å²) >= 11 is 0. The average Bonchev–Trinajstić information content (AvgIpc) is 2.80. The maximum Gasteiger partial charge on any atom is 0.295 e. The maximum absolute atomic E-state index is 11.4. The van der Waals surface area contributed by atoms with E-state index in [9.17, 15) is 8.42 Å². The van der Waals surface area contributed by atoms with Crippen molar-refractivity contribution in [1.82, 2.24) is 9.29 Å². The van der Waals surface area contributed by atoms with Gasteiger partial charge in [-0.05, 0) is 25.0 Å². The lowest BCUT2D eigenvalue weighted by atomic mass is 10.1. The van der Waals surface area contributed by atoms with Crippen LogP contribution in [0.1, 0.15) is 12.8 Å². The van der Waals surface area contributed by atoms with E-state index in [0.717, 1.165) is 23.9 Å². The molecule has 1 aliphatic rings. The molecule has 1 aromatic carbocycles. The predicted molar refractivity (Wildman–Crippen MR) is 77.1 cm³/mol. The van der Waals surface area contributed by atoms with Gasteiger partial charge in [-0.25, -0.2) is 12.7 Å². The molecule has 7 heteroatoms. The van der Waals surface area contributed by atoms with E-state index in [2.05, 4.69) is 10.3 Å². The number of aromatic nitrogens is 1. The highest BCUT2D eigenvalue weighted by molar-refractivity contribution is 7.88. The molecule has 0 radical (unpaired) electrons. The lowest BCUT2D eigenvalue weighted by Gasteiger charge is -2.30. The number of hydrogen-bond acceptors (Lipinski definition) is 5. The van der Waals surface area contributed by atoms with Gasteiger partial charge >= 0.3 is 0 Å². The molecule has 0 unspecified atom stereocenters. The van der Waals surface area contributed by atoms with E-state index >= 15 is 0 Å². The highest BCUT2D eigenvalue weighted by Gasteiger charge is 2.25. The number of benzene rings is 1. The highest BCUT2D eigenvalue weighted by Crippen LogP contribution is 2.21. The van der Waals surface area contributed by atoms with Crippen molar-refractivity contribution in [2.24, 2.45) is 0 Å². The van der Waals surface area contributed by atoms with Gasteiger partial charge in [-0.3, -0.25) is 0 Å². The Kier molecular flexibility index (Phi) is 3.39. The van der Waals surface area contributed by atoms with Crippen LogP contribution < -0.4 is 5.32 Å². The van der Waals surface area contributed by atoms with Crippen LogP contribution >= 0.6 is 0 Å². The van der Waals surface area contributed by atoms with Crippen LogP contribution in [0.2, 0.25) is 0 Å². The molecule has 2 aromatic rings. The second kappa shape index (κ2) is 5.06. The van der Waals surface area contributed by atoms with Crippen molar-refractivity contribution >= 4 is 27.1 Å². The van der Waals surface area contributed by atoms with Gasteiger partial charge in [0.25, 0.3) is 6.01 Å². The van der Waals surface area contributed by atoms with E-state index in [1.165, 1.54) is 10.6 Å². The van der Waals surface area contributed by atoms with Gasteiger partial charge in [0.15, 0.2) is 5.58 Å². The quantitative estimate of drug-likeness (QED) is 0.932. The van der Waals surface area contributed by atoms with Crippen LogP contribution in [0.3, 0.4) is 0 Å². The van der Waals surface area contributed by atoms with E-state index < -0.39 is 10.0 Å². The topological polar surface area (TPSA) is 75.4 Å². The number of rotatable bonds is 3. The Labute approximate surface area is 117 Å². The van der Waals surface area contributed by atoms with Gasteiger partial charge < -0.3 is 9.73 Å². The molecule has 0 saturated carbocycles. The normalized spacial score (nSPS) is 18.4. The van der Waals surface area contributed by atoms with Crippen LogP contribution in [0.5, 0.6) is 0 Å². The SMILES string of the molecule is CS(=O)(=O)N1CCC(Nc2nc3ccccc3o2)CC1. The molecule has 2 heterocycles. The summed E-state index contributed by atoms with van der Waals surface area (Å²) in [7, 11) is -3.08. The second-order valence-corrected chi connectivity index (χ2v) is 7.05. The smallest absolute Gasteiger partial charge is 0.295 e. The summed E-state index contributed by atoms with van der Waals surface area (Å²) in [4.78, 5) is 4.36. The molecule has 1 saturated heterocycles. The van der Waals surface area contributed by atoms with Crippen LogP contribution in [0.25, 0.3) is 11.1 Å². The Morgan fingerprint density at radius 2 is 2.00 bits per heavy atom. The number of oxazole rings is 1. The maximum atomic E-state index is 11.4. The molecule has 20 heavy (non-hydrogen) atoms. The fourth-order valence-electron chi connectivity index (χ4n) is 2.44. The molecule has 0 atom stereocenters. The van der Waals surface area contributed by atoms with Crippen molar-refractivity contribution in [3.8, 4) is 0 Å². The summed E-state index contributed by atoms with van der Waals surface area (Å²) in [5, 5.41) is 3.24. The molecule has 108 valence electrons. The number of sulfonamides is 1. The minimum atomic E-state index is -3.08. The average molecular weight is 295 g/mol. The third-order valence-electron chi connectivity index (χ3n) is 3.54. The zero-order valence-corrected chi connectivity index (χ0v) is 12.1. The lowest BCUT2D eigenvalue weighted by molar-refractivity contribution is 0.329. The molecule has 1 N–H and O–H groups in total. The number of fused-ring (bicyclic) bond motifs is 1. The van der Waals surface area contributed by atoms with Crippen molar-refractivity contribution in [1.29, 1.82) is 0 Å². The number of nitrogens with zero attached hydrogens (tertiary/aromatic N) is 2. The van der Waals surface area contributed by atoms with Crippen LogP contribution in [0.4, 0.5) is 6.01 Å². The van der Waals surface area contributed by atoms with Crippen LogP contribution in [0.15, 0.2) is 28.7 Å². The molecule has 1 aliphatic heterocycles. The second-order valence-electron chi connectivity index (χ2n) is 5.07. The minimum Gasteiger partial charge on any atom is -0.424 e. The summed E-state index contributed by atoms with van der Waals surface area (Å²) in [6.07, 6.45) is 2.76. The Balaban J connectivity index is 1.65. The van der Waals surface area contributed by atoms with Crippen LogP contribution in [0, 0.1) is 0 Å². The number of anilines is 1. The van der Waals surface area contributed by atoms with Crippen molar-refractivity contribution in [3.05, 3.63) is 24.3 Å².